The van der Waals surface area contributed by atoms with Crippen LogP contribution in [-0.2, 0) is 9.59 Å². The number of ketones is 1. The van der Waals surface area contributed by atoms with Crippen molar-refractivity contribution in [2.75, 3.05) is 19.1 Å². The Bertz CT molecular complexity index is 1180. The molecule has 2 heterocycles. The molecule has 0 aliphatic carbocycles. The Hall–Kier alpha value is -3.58. The molecule has 1 saturated heterocycles. The van der Waals surface area contributed by atoms with Gasteiger partial charge in [0.05, 0.1) is 25.4 Å². The molecule has 1 atom stereocenters. The van der Waals surface area contributed by atoms with Crippen molar-refractivity contribution in [2.24, 2.45) is 0 Å². The van der Waals surface area contributed by atoms with Gasteiger partial charge >= 0.3 is 0 Å². The number of anilines is 1. The number of thiophene rings is 1. The van der Waals surface area contributed by atoms with Crippen molar-refractivity contribution < 1.29 is 24.2 Å². The second kappa shape index (κ2) is 8.28. The lowest BCUT2D eigenvalue weighted by Crippen LogP contribution is -2.29. The highest BCUT2D eigenvalue weighted by atomic mass is 32.1. The Kier molecular flexibility index (Phi) is 5.52. The molecule has 0 saturated carbocycles. The van der Waals surface area contributed by atoms with E-state index in [0.717, 1.165) is 10.4 Å². The minimum Gasteiger partial charge on any atom is -0.507 e. The first-order valence-corrected chi connectivity index (χ1v) is 10.5. The van der Waals surface area contributed by atoms with Crippen LogP contribution in [0.1, 0.15) is 22.0 Å². The third-order valence-corrected chi connectivity index (χ3v) is 6.22. The molecule has 7 heteroatoms. The van der Waals surface area contributed by atoms with E-state index in [1.54, 1.807) is 24.3 Å². The van der Waals surface area contributed by atoms with Gasteiger partial charge in [-0.25, -0.2) is 0 Å². The highest BCUT2D eigenvalue weighted by Gasteiger charge is 2.48. The summed E-state index contributed by atoms with van der Waals surface area (Å²) in [5.41, 5.74) is 1.78. The molecule has 1 aliphatic rings. The average molecular weight is 436 g/mol. The van der Waals surface area contributed by atoms with Crippen molar-refractivity contribution in [1.82, 2.24) is 0 Å². The number of benzene rings is 2. The summed E-state index contributed by atoms with van der Waals surface area (Å²) in [7, 11) is 2.98. The van der Waals surface area contributed by atoms with Crippen LogP contribution in [0.5, 0.6) is 11.5 Å². The molecular weight excluding hydrogens is 414 g/mol. The fraction of sp³-hybridized carbons (Fsp3) is 0.167. The van der Waals surface area contributed by atoms with Crippen LogP contribution < -0.4 is 14.4 Å². The van der Waals surface area contributed by atoms with E-state index in [1.165, 1.54) is 30.5 Å². The lowest BCUT2D eigenvalue weighted by Gasteiger charge is -2.25. The van der Waals surface area contributed by atoms with E-state index in [4.69, 9.17) is 9.47 Å². The molecule has 0 radical (unpaired) electrons. The SMILES string of the molecule is COc1ccc(OC)c(/C(O)=C2/C(=O)C(=O)N(c3ccccc3C)C2c2cccs2)c1. The quantitative estimate of drug-likeness (QED) is 0.357. The molecule has 31 heavy (non-hydrogen) atoms. The third-order valence-electron chi connectivity index (χ3n) is 5.29. The summed E-state index contributed by atoms with van der Waals surface area (Å²) in [4.78, 5) is 28.6. The summed E-state index contributed by atoms with van der Waals surface area (Å²) >= 11 is 1.42. The average Bonchev–Trinajstić information content (AvgIpc) is 3.40. The number of hydrogen-bond acceptors (Lipinski definition) is 6. The molecule has 4 rings (SSSR count). The zero-order valence-electron chi connectivity index (χ0n) is 17.3. The van der Waals surface area contributed by atoms with Crippen LogP contribution in [0.4, 0.5) is 5.69 Å². The minimum atomic E-state index is -0.753. The highest BCUT2D eigenvalue weighted by molar-refractivity contribution is 7.10. The molecule has 1 unspecified atom stereocenters. The van der Waals surface area contributed by atoms with Crippen molar-refractivity contribution in [3.05, 3.63) is 81.6 Å². The number of rotatable bonds is 5. The molecule has 6 nitrogen and oxygen atoms in total. The van der Waals surface area contributed by atoms with Crippen molar-refractivity contribution in [3.8, 4) is 11.5 Å². The Labute approximate surface area is 184 Å². The van der Waals surface area contributed by atoms with Crippen molar-refractivity contribution in [1.29, 1.82) is 0 Å². The van der Waals surface area contributed by atoms with Gasteiger partial charge in [0.1, 0.15) is 23.3 Å². The van der Waals surface area contributed by atoms with Crippen LogP contribution in [0.2, 0.25) is 0 Å². The van der Waals surface area contributed by atoms with Crippen LogP contribution in [0.15, 0.2) is 65.6 Å². The summed E-state index contributed by atoms with van der Waals surface area (Å²) in [6, 6.07) is 15.2. The van der Waals surface area contributed by atoms with E-state index in [-0.39, 0.29) is 16.9 Å². The molecule has 1 aromatic heterocycles. The molecule has 0 bridgehead atoms. The summed E-state index contributed by atoms with van der Waals surface area (Å²) in [5, 5.41) is 13.2. The van der Waals surface area contributed by atoms with E-state index in [9.17, 15) is 14.7 Å². The Morgan fingerprint density at radius 2 is 1.81 bits per heavy atom. The van der Waals surface area contributed by atoms with Gasteiger partial charge < -0.3 is 14.6 Å². The van der Waals surface area contributed by atoms with Crippen molar-refractivity contribution >= 4 is 34.5 Å². The predicted octanol–water partition coefficient (Wildman–Crippen LogP) is 4.70. The number of aryl methyl sites for hydroxylation is 1. The van der Waals surface area contributed by atoms with Crippen LogP contribution in [0.25, 0.3) is 5.76 Å². The molecular formula is C24H21NO5S. The smallest absolute Gasteiger partial charge is 0.300 e. The summed E-state index contributed by atoms with van der Waals surface area (Å²) in [5.74, 6) is -0.878. The van der Waals surface area contributed by atoms with Gasteiger partial charge in [-0.2, -0.15) is 0 Å². The molecule has 1 N–H and O–H groups in total. The number of carbonyl (C=O) groups is 2. The largest absolute Gasteiger partial charge is 0.507 e. The lowest BCUT2D eigenvalue weighted by molar-refractivity contribution is -0.132. The van der Waals surface area contributed by atoms with Gasteiger partial charge in [0, 0.05) is 10.6 Å². The predicted molar refractivity (Wildman–Crippen MR) is 120 cm³/mol. The number of aliphatic hydroxyl groups excluding tert-OH is 1. The van der Waals surface area contributed by atoms with Crippen LogP contribution in [0.3, 0.4) is 0 Å². The maximum atomic E-state index is 13.2. The minimum absolute atomic E-state index is 0.0160. The Morgan fingerprint density at radius 3 is 2.45 bits per heavy atom. The number of carbonyl (C=O) groups excluding carboxylic acids is 2. The zero-order valence-corrected chi connectivity index (χ0v) is 18.1. The first-order valence-electron chi connectivity index (χ1n) is 9.60. The third kappa shape index (κ3) is 3.47. The number of hydrogen-bond donors (Lipinski definition) is 1. The lowest BCUT2D eigenvalue weighted by atomic mass is 9.99. The van der Waals surface area contributed by atoms with Gasteiger partial charge in [0.15, 0.2) is 0 Å². The van der Waals surface area contributed by atoms with E-state index < -0.39 is 17.7 Å². The van der Waals surface area contributed by atoms with Crippen LogP contribution in [0, 0.1) is 6.92 Å². The molecule has 3 aromatic rings. The fourth-order valence-electron chi connectivity index (χ4n) is 3.77. The molecule has 1 aliphatic heterocycles. The summed E-state index contributed by atoms with van der Waals surface area (Å²) < 4.78 is 10.7. The number of aliphatic hydroxyl groups is 1. The van der Waals surface area contributed by atoms with Gasteiger partial charge in [-0.05, 0) is 48.2 Å². The van der Waals surface area contributed by atoms with Gasteiger partial charge in [-0.1, -0.05) is 24.3 Å². The Balaban J connectivity index is 1.98. The summed E-state index contributed by atoms with van der Waals surface area (Å²) in [6.45, 7) is 1.88. The van der Waals surface area contributed by atoms with Gasteiger partial charge in [-0.15, -0.1) is 11.3 Å². The van der Waals surface area contributed by atoms with Crippen molar-refractivity contribution in [2.45, 2.75) is 13.0 Å². The van der Waals surface area contributed by atoms with E-state index in [2.05, 4.69) is 0 Å². The van der Waals surface area contributed by atoms with Gasteiger partial charge in [0.2, 0.25) is 0 Å². The van der Waals surface area contributed by atoms with E-state index in [1.807, 2.05) is 42.6 Å². The topological polar surface area (TPSA) is 76.1 Å². The molecule has 1 fully saturated rings. The fourth-order valence-corrected chi connectivity index (χ4v) is 4.60. The van der Waals surface area contributed by atoms with E-state index >= 15 is 0 Å². The first-order chi connectivity index (χ1) is 15.0. The normalized spacial score (nSPS) is 17.8. The number of amides is 1. The molecule has 2 aromatic carbocycles. The molecule has 1 amide bonds. The van der Waals surface area contributed by atoms with Gasteiger partial charge in [0.25, 0.3) is 11.7 Å². The molecule has 0 spiro atoms. The number of Topliss-reactive ketones (excluding diaryl/α,β-unsaturated/α-hetero) is 1. The standard InChI is InChI=1S/C24H21NO5S/c1-14-7-4-5-8-17(14)25-21(19-9-6-12-31-19)20(23(27)24(25)28)22(26)16-13-15(29-2)10-11-18(16)30-3/h4-13,21,26H,1-3H3/b22-20-. The zero-order chi connectivity index (χ0) is 22.1. The number of para-hydroxylation sites is 1. The number of ether oxygens (including phenoxy) is 2. The Morgan fingerprint density at radius 1 is 1.03 bits per heavy atom. The number of methoxy groups -OCH3 is 2. The maximum absolute atomic E-state index is 13.2. The highest BCUT2D eigenvalue weighted by Crippen LogP contribution is 2.45. The summed E-state index contributed by atoms with van der Waals surface area (Å²) in [6.07, 6.45) is 0. The first kappa shape index (κ1) is 20.7. The van der Waals surface area contributed by atoms with Crippen LogP contribution >= 0.6 is 11.3 Å². The van der Waals surface area contributed by atoms with Gasteiger partial charge in [-0.3, -0.25) is 14.5 Å². The monoisotopic (exact) mass is 435 g/mol. The van der Waals surface area contributed by atoms with Crippen LogP contribution in [-0.4, -0.2) is 31.0 Å². The van der Waals surface area contributed by atoms with E-state index in [0.29, 0.717) is 17.2 Å². The second-order valence-corrected chi connectivity index (χ2v) is 8.02. The second-order valence-electron chi connectivity index (χ2n) is 7.04. The maximum Gasteiger partial charge on any atom is 0.300 e. The molecule has 158 valence electrons. The number of nitrogens with zero attached hydrogens (tertiary/aromatic N) is 1. The van der Waals surface area contributed by atoms with Crippen molar-refractivity contribution in [3.63, 3.8) is 0 Å².